The highest BCUT2D eigenvalue weighted by molar-refractivity contribution is 9.10. The van der Waals surface area contributed by atoms with E-state index >= 15 is 0 Å². The average Bonchev–Trinajstić information content (AvgIpc) is 2.59. The molecule has 2 aromatic rings. The standard InChI is InChI=1S/C17H21BrN4O2/c1-2-19-10-12-5-7-21(8-6-12)17-14-9-13(18)3-4-15(14)20-11-16(17)22(23)24/h3-4,9,11-12,19H,2,5-8,10H2,1H3. The molecule has 1 saturated heterocycles. The van der Waals surface area contributed by atoms with Crippen LogP contribution in [0.25, 0.3) is 10.9 Å². The summed E-state index contributed by atoms with van der Waals surface area (Å²) in [6.45, 7) is 5.79. The molecule has 1 aliphatic heterocycles. The van der Waals surface area contributed by atoms with Crippen LogP contribution in [0.15, 0.2) is 28.9 Å². The number of rotatable bonds is 5. The highest BCUT2D eigenvalue weighted by atomic mass is 79.9. The molecule has 128 valence electrons. The van der Waals surface area contributed by atoms with Gasteiger partial charge in [-0.05, 0) is 50.0 Å². The SMILES string of the molecule is CCNCC1CCN(c2c([N+](=O)[O-])cnc3ccc(Br)cc23)CC1. The second-order valence-corrected chi connectivity index (χ2v) is 7.06. The molecule has 1 aromatic heterocycles. The van der Waals surface area contributed by atoms with Crippen LogP contribution < -0.4 is 10.2 Å². The van der Waals surface area contributed by atoms with Gasteiger partial charge in [-0.25, -0.2) is 4.98 Å². The van der Waals surface area contributed by atoms with Crippen molar-refractivity contribution in [2.75, 3.05) is 31.1 Å². The van der Waals surface area contributed by atoms with Crippen LogP contribution in [0.3, 0.4) is 0 Å². The second-order valence-electron chi connectivity index (χ2n) is 6.15. The molecule has 0 amide bonds. The predicted octanol–water partition coefficient (Wildman–Crippen LogP) is 3.73. The number of hydrogen-bond donors (Lipinski definition) is 1. The third-order valence-electron chi connectivity index (χ3n) is 4.59. The first-order valence-corrected chi connectivity index (χ1v) is 9.07. The normalized spacial score (nSPS) is 15.8. The third-order valence-corrected chi connectivity index (χ3v) is 5.09. The number of halogens is 1. The third kappa shape index (κ3) is 3.52. The molecule has 1 N–H and O–H groups in total. The molecule has 1 aliphatic rings. The summed E-state index contributed by atoms with van der Waals surface area (Å²) < 4.78 is 0.903. The topological polar surface area (TPSA) is 71.3 Å². The maximum absolute atomic E-state index is 11.5. The molecule has 3 rings (SSSR count). The predicted molar refractivity (Wildman–Crippen MR) is 99.6 cm³/mol. The van der Waals surface area contributed by atoms with Crippen LogP contribution in [0.5, 0.6) is 0 Å². The van der Waals surface area contributed by atoms with E-state index in [0.29, 0.717) is 11.6 Å². The molecular weight excluding hydrogens is 372 g/mol. The number of fused-ring (bicyclic) bond motifs is 1. The van der Waals surface area contributed by atoms with E-state index in [0.717, 1.165) is 54.4 Å². The van der Waals surface area contributed by atoms with Crippen LogP contribution in [-0.2, 0) is 0 Å². The highest BCUT2D eigenvalue weighted by Crippen LogP contribution is 2.38. The quantitative estimate of drug-likeness (QED) is 0.619. The minimum Gasteiger partial charge on any atom is -0.365 e. The summed E-state index contributed by atoms with van der Waals surface area (Å²) in [6.07, 6.45) is 3.47. The molecule has 6 nitrogen and oxygen atoms in total. The van der Waals surface area contributed by atoms with Gasteiger partial charge in [-0.2, -0.15) is 0 Å². The fourth-order valence-electron chi connectivity index (χ4n) is 3.32. The summed E-state index contributed by atoms with van der Waals surface area (Å²) in [7, 11) is 0. The fraction of sp³-hybridized carbons (Fsp3) is 0.471. The van der Waals surface area contributed by atoms with Gasteiger partial charge in [0.05, 0.1) is 10.4 Å². The van der Waals surface area contributed by atoms with Crippen molar-refractivity contribution >= 4 is 38.2 Å². The monoisotopic (exact) mass is 392 g/mol. The molecule has 0 spiro atoms. The molecule has 2 heterocycles. The van der Waals surface area contributed by atoms with E-state index in [1.165, 1.54) is 6.20 Å². The lowest BCUT2D eigenvalue weighted by atomic mass is 9.96. The van der Waals surface area contributed by atoms with Gasteiger partial charge in [0.15, 0.2) is 0 Å². The van der Waals surface area contributed by atoms with Gasteiger partial charge in [0.25, 0.3) is 0 Å². The Morgan fingerprint density at radius 1 is 1.42 bits per heavy atom. The van der Waals surface area contributed by atoms with Crippen LogP contribution in [-0.4, -0.2) is 36.1 Å². The number of hydrogen-bond acceptors (Lipinski definition) is 5. The van der Waals surface area contributed by atoms with Crippen molar-refractivity contribution in [1.29, 1.82) is 0 Å². The van der Waals surface area contributed by atoms with Crippen molar-refractivity contribution in [3.63, 3.8) is 0 Å². The number of nitrogens with one attached hydrogen (secondary N) is 1. The van der Waals surface area contributed by atoms with Gasteiger partial charge in [-0.15, -0.1) is 0 Å². The number of piperidine rings is 1. The van der Waals surface area contributed by atoms with Gasteiger partial charge in [0.2, 0.25) is 0 Å². The molecule has 0 saturated carbocycles. The number of nitrogens with zero attached hydrogens (tertiary/aromatic N) is 3. The van der Waals surface area contributed by atoms with E-state index in [9.17, 15) is 10.1 Å². The first kappa shape index (κ1) is 17.1. The van der Waals surface area contributed by atoms with Gasteiger partial charge >= 0.3 is 5.69 Å². The van der Waals surface area contributed by atoms with E-state index in [2.05, 4.69) is 38.1 Å². The largest absolute Gasteiger partial charge is 0.365 e. The van der Waals surface area contributed by atoms with Gasteiger partial charge in [-0.1, -0.05) is 22.9 Å². The van der Waals surface area contributed by atoms with Crippen molar-refractivity contribution in [2.45, 2.75) is 19.8 Å². The summed E-state index contributed by atoms with van der Waals surface area (Å²) in [6, 6.07) is 5.73. The van der Waals surface area contributed by atoms with Crippen molar-refractivity contribution < 1.29 is 4.92 Å². The zero-order valence-corrected chi connectivity index (χ0v) is 15.3. The van der Waals surface area contributed by atoms with Crippen LogP contribution in [0.4, 0.5) is 11.4 Å². The Bertz CT molecular complexity index is 745. The lowest BCUT2D eigenvalue weighted by Gasteiger charge is -2.34. The molecule has 1 aromatic carbocycles. The minimum absolute atomic E-state index is 0.0886. The molecule has 7 heteroatoms. The van der Waals surface area contributed by atoms with Crippen LogP contribution in [0, 0.1) is 16.0 Å². The first-order chi connectivity index (χ1) is 11.6. The Balaban J connectivity index is 1.94. The van der Waals surface area contributed by atoms with Crippen molar-refractivity contribution in [1.82, 2.24) is 10.3 Å². The minimum atomic E-state index is -0.326. The Morgan fingerprint density at radius 2 is 2.17 bits per heavy atom. The number of aromatic nitrogens is 1. The van der Waals surface area contributed by atoms with Gasteiger partial charge in [0, 0.05) is 22.9 Å². The Labute approximate surface area is 149 Å². The number of anilines is 1. The smallest absolute Gasteiger partial charge is 0.311 e. The first-order valence-electron chi connectivity index (χ1n) is 8.28. The summed E-state index contributed by atoms with van der Waals surface area (Å²) in [5.41, 5.74) is 1.58. The summed E-state index contributed by atoms with van der Waals surface area (Å²) in [5, 5.41) is 15.7. The maximum Gasteiger partial charge on any atom is 0.311 e. The fourth-order valence-corrected chi connectivity index (χ4v) is 3.68. The molecular formula is C17H21BrN4O2. The van der Waals surface area contributed by atoms with E-state index in [-0.39, 0.29) is 10.6 Å². The van der Waals surface area contributed by atoms with Gasteiger partial charge in [0.1, 0.15) is 11.9 Å². The molecule has 0 aliphatic carbocycles. The molecule has 0 radical (unpaired) electrons. The van der Waals surface area contributed by atoms with E-state index in [4.69, 9.17) is 0 Å². The molecule has 0 unspecified atom stereocenters. The molecule has 1 fully saturated rings. The number of benzene rings is 1. The van der Waals surface area contributed by atoms with E-state index < -0.39 is 0 Å². The lowest BCUT2D eigenvalue weighted by molar-refractivity contribution is -0.384. The van der Waals surface area contributed by atoms with Crippen LogP contribution >= 0.6 is 15.9 Å². The van der Waals surface area contributed by atoms with Crippen molar-refractivity contribution in [3.05, 3.63) is 39.0 Å². The zero-order chi connectivity index (χ0) is 17.1. The average molecular weight is 393 g/mol. The number of nitro groups is 1. The summed E-state index contributed by atoms with van der Waals surface area (Å²) in [4.78, 5) is 17.6. The second kappa shape index (κ2) is 7.44. The summed E-state index contributed by atoms with van der Waals surface area (Å²) >= 11 is 3.47. The molecule has 0 bridgehead atoms. The van der Waals surface area contributed by atoms with E-state index in [1.807, 2.05) is 18.2 Å². The Kier molecular flexibility index (Phi) is 5.30. The van der Waals surface area contributed by atoms with Crippen molar-refractivity contribution in [2.24, 2.45) is 5.92 Å². The van der Waals surface area contributed by atoms with Gasteiger partial charge in [-0.3, -0.25) is 10.1 Å². The lowest BCUT2D eigenvalue weighted by Crippen LogP contribution is -2.37. The molecule has 24 heavy (non-hydrogen) atoms. The molecule has 0 atom stereocenters. The van der Waals surface area contributed by atoms with Crippen LogP contribution in [0.2, 0.25) is 0 Å². The van der Waals surface area contributed by atoms with Crippen molar-refractivity contribution in [3.8, 4) is 0 Å². The number of pyridine rings is 1. The summed E-state index contributed by atoms with van der Waals surface area (Å²) in [5.74, 6) is 0.639. The van der Waals surface area contributed by atoms with Crippen LogP contribution in [0.1, 0.15) is 19.8 Å². The zero-order valence-electron chi connectivity index (χ0n) is 13.7. The van der Waals surface area contributed by atoms with Gasteiger partial charge < -0.3 is 10.2 Å². The maximum atomic E-state index is 11.5. The Morgan fingerprint density at radius 3 is 2.83 bits per heavy atom. The Hall–Kier alpha value is -1.73. The highest BCUT2D eigenvalue weighted by Gasteiger charge is 2.27. The van der Waals surface area contributed by atoms with E-state index in [1.54, 1.807) is 0 Å².